The van der Waals surface area contributed by atoms with E-state index in [2.05, 4.69) is 36.5 Å². The van der Waals surface area contributed by atoms with Crippen molar-refractivity contribution in [3.63, 3.8) is 0 Å². The Morgan fingerprint density at radius 3 is 2.54 bits per heavy atom. The molecule has 0 saturated carbocycles. The van der Waals surface area contributed by atoms with Crippen molar-refractivity contribution < 1.29 is 9.53 Å². The van der Waals surface area contributed by atoms with Gasteiger partial charge in [-0.3, -0.25) is 4.79 Å². The molecule has 0 bridgehead atoms. The van der Waals surface area contributed by atoms with Gasteiger partial charge in [0.2, 0.25) is 0 Å². The number of rotatable bonds is 8. The van der Waals surface area contributed by atoms with Gasteiger partial charge in [-0.1, -0.05) is 36.8 Å². The van der Waals surface area contributed by atoms with E-state index in [1.165, 1.54) is 10.5 Å². The molecule has 0 aliphatic heterocycles. The predicted octanol–water partition coefficient (Wildman–Crippen LogP) is 4.37. The van der Waals surface area contributed by atoms with Gasteiger partial charge in [-0.25, -0.2) is 0 Å². The van der Waals surface area contributed by atoms with E-state index in [9.17, 15) is 4.79 Å². The highest BCUT2D eigenvalue weighted by Gasteiger charge is 2.17. The Hall–Kier alpha value is -1.94. The van der Waals surface area contributed by atoms with E-state index in [-0.39, 0.29) is 5.91 Å². The molecule has 0 aliphatic carbocycles. The van der Waals surface area contributed by atoms with Crippen LogP contribution < -0.4 is 10.1 Å². The van der Waals surface area contributed by atoms with Crippen molar-refractivity contribution in [2.24, 2.45) is 0 Å². The van der Waals surface area contributed by atoms with Crippen LogP contribution in [0.5, 0.6) is 5.75 Å². The van der Waals surface area contributed by atoms with Crippen LogP contribution in [0.25, 0.3) is 0 Å². The largest absolute Gasteiger partial charge is 0.481 e. The molecule has 128 valence electrons. The second-order valence-corrected chi connectivity index (χ2v) is 6.95. The van der Waals surface area contributed by atoms with E-state index < -0.39 is 6.10 Å². The lowest BCUT2D eigenvalue weighted by Crippen LogP contribution is -2.39. The maximum Gasteiger partial charge on any atom is 0.261 e. The van der Waals surface area contributed by atoms with Gasteiger partial charge in [0, 0.05) is 17.2 Å². The van der Waals surface area contributed by atoms with E-state index in [4.69, 9.17) is 4.74 Å². The number of thioether (sulfide) groups is 1. The highest BCUT2D eigenvalue weighted by Crippen LogP contribution is 2.18. The second-order valence-electron chi connectivity index (χ2n) is 5.78. The van der Waals surface area contributed by atoms with Crippen molar-refractivity contribution in [3.8, 4) is 5.75 Å². The molecule has 4 heteroatoms. The third-order valence-electron chi connectivity index (χ3n) is 3.62. The fraction of sp³-hybridized carbons (Fsp3) is 0.350. The van der Waals surface area contributed by atoms with Gasteiger partial charge in [0.1, 0.15) is 5.75 Å². The van der Waals surface area contributed by atoms with Crippen molar-refractivity contribution in [1.82, 2.24) is 5.32 Å². The zero-order valence-electron chi connectivity index (χ0n) is 14.5. The molecule has 3 nitrogen and oxygen atoms in total. The molecule has 0 aliphatic rings. The Bertz CT molecular complexity index is 655. The SMILES string of the molecule is CC[C@H](Oc1cccc(C)c1)C(=O)NCCSc1ccc(C)cc1. The topological polar surface area (TPSA) is 38.3 Å². The van der Waals surface area contributed by atoms with Crippen LogP contribution >= 0.6 is 11.8 Å². The normalized spacial score (nSPS) is 11.8. The molecule has 2 rings (SSSR count). The Balaban J connectivity index is 1.76. The first-order valence-electron chi connectivity index (χ1n) is 8.29. The average molecular weight is 343 g/mol. The van der Waals surface area contributed by atoms with E-state index in [0.717, 1.165) is 17.1 Å². The molecule has 0 fully saturated rings. The van der Waals surface area contributed by atoms with Crippen molar-refractivity contribution in [3.05, 3.63) is 59.7 Å². The number of ether oxygens (including phenoxy) is 1. The number of aryl methyl sites for hydroxylation is 2. The molecule has 0 saturated heterocycles. The van der Waals surface area contributed by atoms with Crippen molar-refractivity contribution in [2.45, 2.75) is 38.2 Å². The van der Waals surface area contributed by atoms with Gasteiger partial charge in [0.05, 0.1) is 0 Å². The first-order valence-corrected chi connectivity index (χ1v) is 9.27. The number of nitrogens with one attached hydrogen (secondary N) is 1. The van der Waals surface area contributed by atoms with Crippen LogP contribution in [0.4, 0.5) is 0 Å². The molecule has 1 atom stereocenters. The lowest BCUT2D eigenvalue weighted by molar-refractivity contribution is -0.127. The van der Waals surface area contributed by atoms with Gasteiger partial charge < -0.3 is 10.1 Å². The van der Waals surface area contributed by atoms with Gasteiger partial charge in [0.25, 0.3) is 5.91 Å². The summed E-state index contributed by atoms with van der Waals surface area (Å²) in [6.45, 7) is 6.68. The third kappa shape index (κ3) is 5.93. The molecule has 0 unspecified atom stereocenters. The standard InChI is InChI=1S/C20H25NO2S/c1-4-19(23-17-7-5-6-16(3)14-17)20(22)21-12-13-24-18-10-8-15(2)9-11-18/h5-11,14,19H,4,12-13H2,1-3H3,(H,21,22)/t19-/m0/s1. The summed E-state index contributed by atoms with van der Waals surface area (Å²) in [7, 11) is 0. The summed E-state index contributed by atoms with van der Waals surface area (Å²) in [6, 6.07) is 16.2. The van der Waals surface area contributed by atoms with E-state index in [0.29, 0.717) is 13.0 Å². The maximum atomic E-state index is 12.3. The van der Waals surface area contributed by atoms with Crippen molar-refractivity contribution >= 4 is 17.7 Å². The smallest absolute Gasteiger partial charge is 0.261 e. The minimum atomic E-state index is -0.448. The molecule has 24 heavy (non-hydrogen) atoms. The van der Waals surface area contributed by atoms with Gasteiger partial charge >= 0.3 is 0 Å². The van der Waals surface area contributed by atoms with E-state index in [1.54, 1.807) is 11.8 Å². The minimum absolute atomic E-state index is 0.0523. The number of benzene rings is 2. The quantitative estimate of drug-likeness (QED) is 0.571. The number of hydrogen-bond acceptors (Lipinski definition) is 3. The Labute approximate surface area is 148 Å². The average Bonchev–Trinajstić information content (AvgIpc) is 2.58. The molecular formula is C20H25NO2S. The van der Waals surface area contributed by atoms with Crippen LogP contribution in [0.3, 0.4) is 0 Å². The summed E-state index contributed by atoms with van der Waals surface area (Å²) in [5, 5.41) is 2.97. The molecule has 0 radical (unpaired) electrons. The summed E-state index contributed by atoms with van der Waals surface area (Å²) in [5.41, 5.74) is 2.38. The summed E-state index contributed by atoms with van der Waals surface area (Å²) in [5.74, 6) is 1.53. The molecule has 2 aromatic carbocycles. The summed E-state index contributed by atoms with van der Waals surface area (Å²) < 4.78 is 5.82. The fourth-order valence-electron chi connectivity index (χ4n) is 2.27. The summed E-state index contributed by atoms with van der Waals surface area (Å²) in [4.78, 5) is 13.5. The van der Waals surface area contributed by atoms with Crippen LogP contribution in [0, 0.1) is 13.8 Å². The number of hydrogen-bond donors (Lipinski definition) is 1. The zero-order chi connectivity index (χ0) is 17.4. The van der Waals surface area contributed by atoms with Crippen LogP contribution in [0.2, 0.25) is 0 Å². The molecule has 1 N–H and O–H groups in total. The van der Waals surface area contributed by atoms with E-state index in [1.807, 2.05) is 38.1 Å². The van der Waals surface area contributed by atoms with Crippen molar-refractivity contribution in [1.29, 1.82) is 0 Å². The van der Waals surface area contributed by atoms with Gasteiger partial charge in [-0.05, 0) is 50.1 Å². The van der Waals surface area contributed by atoms with Crippen LogP contribution in [-0.2, 0) is 4.79 Å². The van der Waals surface area contributed by atoms with Crippen LogP contribution in [0.1, 0.15) is 24.5 Å². The van der Waals surface area contributed by atoms with Gasteiger partial charge in [-0.15, -0.1) is 11.8 Å². The summed E-state index contributed by atoms with van der Waals surface area (Å²) >= 11 is 1.74. The third-order valence-corrected chi connectivity index (χ3v) is 4.64. The number of carbonyl (C=O) groups is 1. The summed E-state index contributed by atoms with van der Waals surface area (Å²) in [6.07, 6.45) is 0.196. The Kier molecular flexibility index (Phi) is 7.19. The monoisotopic (exact) mass is 343 g/mol. The van der Waals surface area contributed by atoms with Crippen molar-refractivity contribution in [2.75, 3.05) is 12.3 Å². The molecule has 0 spiro atoms. The van der Waals surface area contributed by atoms with Crippen LogP contribution in [0.15, 0.2) is 53.4 Å². The fourth-order valence-corrected chi connectivity index (χ4v) is 3.03. The minimum Gasteiger partial charge on any atom is -0.481 e. The zero-order valence-corrected chi connectivity index (χ0v) is 15.4. The molecular weight excluding hydrogens is 318 g/mol. The molecule has 2 aromatic rings. The predicted molar refractivity (Wildman–Crippen MR) is 101 cm³/mol. The molecule has 0 aromatic heterocycles. The first kappa shape index (κ1) is 18.4. The molecule has 1 amide bonds. The first-order chi connectivity index (χ1) is 11.6. The Morgan fingerprint density at radius 2 is 1.88 bits per heavy atom. The highest BCUT2D eigenvalue weighted by molar-refractivity contribution is 7.99. The lowest BCUT2D eigenvalue weighted by Gasteiger charge is -2.17. The second kappa shape index (κ2) is 9.38. The Morgan fingerprint density at radius 1 is 1.12 bits per heavy atom. The molecule has 0 heterocycles. The maximum absolute atomic E-state index is 12.3. The number of carbonyl (C=O) groups excluding carboxylic acids is 1. The lowest BCUT2D eigenvalue weighted by atomic mass is 10.2. The highest BCUT2D eigenvalue weighted by atomic mass is 32.2. The van der Waals surface area contributed by atoms with Gasteiger partial charge in [-0.2, -0.15) is 0 Å². The van der Waals surface area contributed by atoms with E-state index >= 15 is 0 Å². The van der Waals surface area contributed by atoms with Gasteiger partial charge in [0.15, 0.2) is 6.10 Å². The number of amides is 1. The van der Waals surface area contributed by atoms with Crippen LogP contribution in [-0.4, -0.2) is 24.3 Å².